The monoisotopic (exact) mass is 356 g/mol. The molecule has 0 radical (unpaired) electrons. The number of ether oxygens (including phenoxy) is 1. The lowest BCUT2D eigenvalue weighted by molar-refractivity contribution is 0.0526. The SMILES string of the molecule is CCOC(=O)c1c(N/N=C/c2cc(Cl)cc(Cl)c2O)n[nH]c1C. The van der Waals surface area contributed by atoms with E-state index in [4.69, 9.17) is 27.9 Å². The lowest BCUT2D eigenvalue weighted by Crippen LogP contribution is -2.08. The number of aromatic hydroxyl groups is 1. The molecular formula is C14H14Cl2N4O3. The molecule has 0 unspecified atom stereocenters. The van der Waals surface area contributed by atoms with Crippen molar-refractivity contribution in [2.24, 2.45) is 5.10 Å². The predicted molar refractivity (Wildman–Crippen MR) is 88.6 cm³/mol. The van der Waals surface area contributed by atoms with E-state index in [-0.39, 0.29) is 28.8 Å². The van der Waals surface area contributed by atoms with Gasteiger partial charge in [-0.05, 0) is 26.0 Å². The van der Waals surface area contributed by atoms with Gasteiger partial charge in [0.2, 0.25) is 0 Å². The number of carbonyl (C=O) groups excluding carboxylic acids is 1. The Balaban J connectivity index is 2.20. The van der Waals surface area contributed by atoms with Crippen LogP contribution in [0.3, 0.4) is 0 Å². The molecule has 7 nitrogen and oxygen atoms in total. The van der Waals surface area contributed by atoms with Crippen molar-refractivity contribution in [2.45, 2.75) is 13.8 Å². The number of nitrogens with zero attached hydrogens (tertiary/aromatic N) is 2. The molecule has 1 aromatic heterocycles. The van der Waals surface area contributed by atoms with E-state index >= 15 is 0 Å². The third kappa shape index (κ3) is 3.94. The average Bonchev–Trinajstić information content (AvgIpc) is 2.85. The van der Waals surface area contributed by atoms with Crippen molar-refractivity contribution in [1.82, 2.24) is 10.2 Å². The Morgan fingerprint density at radius 1 is 1.52 bits per heavy atom. The number of carbonyl (C=O) groups is 1. The molecule has 0 fully saturated rings. The molecule has 0 bridgehead atoms. The summed E-state index contributed by atoms with van der Waals surface area (Å²) in [6.07, 6.45) is 1.31. The number of hydrazone groups is 1. The molecule has 0 amide bonds. The summed E-state index contributed by atoms with van der Waals surface area (Å²) in [5.41, 5.74) is 3.75. The first-order valence-electron chi connectivity index (χ1n) is 6.63. The minimum absolute atomic E-state index is 0.113. The fourth-order valence-electron chi connectivity index (χ4n) is 1.81. The second-order valence-corrected chi connectivity index (χ2v) is 5.33. The summed E-state index contributed by atoms with van der Waals surface area (Å²) in [5, 5.41) is 20.8. The van der Waals surface area contributed by atoms with E-state index in [9.17, 15) is 9.90 Å². The Kier molecular flexibility index (Phi) is 5.46. The van der Waals surface area contributed by atoms with E-state index in [1.54, 1.807) is 13.8 Å². The highest BCUT2D eigenvalue weighted by molar-refractivity contribution is 6.36. The van der Waals surface area contributed by atoms with Gasteiger partial charge in [0.25, 0.3) is 0 Å². The van der Waals surface area contributed by atoms with Gasteiger partial charge in [-0.1, -0.05) is 23.2 Å². The Morgan fingerprint density at radius 3 is 2.96 bits per heavy atom. The quantitative estimate of drug-likeness (QED) is 0.433. The van der Waals surface area contributed by atoms with Gasteiger partial charge in [-0.15, -0.1) is 0 Å². The molecule has 2 rings (SSSR count). The van der Waals surface area contributed by atoms with Crippen LogP contribution in [-0.2, 0) is 4.74 Å². The lowest BCUT2D eigenvalue weighted by Gasteiger charge is -2.04. The van der Waals surface area contributed by atoms with Crippen molar-refractivity contribution in [3.8, 4) is 5.75 Å². The number of aromatic nitrogens is 2. The van der Waals surface area contributed by atoms with Crippen LogP contribution in [0.5, 0.6) is 5.75 Å². The minimum Gasteiger partial charge on any atom is -0.506 e. The van der Waals surface area contributed by atoms with Gasteiger partial charge in [-0.2, -0.15) is 10.2 Å². The number of nitrogens with one attached hydrogen (secondary N) is 2. The van der Waals surface area contributed by atoms with Crippen LogP contribution in [0.1, 0.15) is 28.5 Å². The number of hydrogen-bond donors (Lipinski definition) is 3. The molecule has 23 heavy (non-hydrogen) atoms. The minimum atomic E-state index is -0.509. The van der Waals surface area contributed by atoms with Gasteiger partial charge >= 0.3 is 5.97 Å². The van der Waals surface area contributed by atoms with Crippen LogP contribution in [0.2, 0.25) is 10.0 Å². The highest BCUT2D eigenvalue weighted by Gasteiger charge is 2.19. The number of rotatable bonds is 5. The summed E-state index contributed by atoms with van der Waals surface area (Å²) in [6.45, 7) is 3.65. The number of phenolic OH excluding ortho intramolecular Hbond substituents is 1. The van der Waals surface area contributed by atoms with E-state index in [1.165, 1.54) is 18.3 Å². The molecule has 1 heterocycles. The largest absolute Gasteiger partial charge is 0.506 e. The van der Waals surface area contributed by atoms with Crippen molar-refractivity contribution in [2.75, 3.05) is 12.0 Å². The van der Waals surface area contributed by atoms with Crippen LogP contribution >= 0.6 is 23.2 Å². The number of esters is 1. The fraction of sp³-hybridized carbons (Fsp3) is 0.214. The Labute approximate surface area is 142 Å². The Bertz CT molecular complexity index is 759. The third-order valence-electron chi connectivity index (χ3n) is 2.86. The molecule has 9 heteroatoms. The highest BCUT2D eigenvalue weighted by atomic mass is 35.5. The average molecular weight is 357 g/mol. The molecule has 0 saturated carbocycles. The maximum Gasteiger partial charge on any atom is 0.343 e. The Morgan fingerprint density at radius 2 is 2.26 bits per heavy atom. The number of H-pyrrole nitrogens is 1. The molecule has 0 atom stereocenters. The summed E-state index contributed by atoms with van der Waals surface area (Å²) in [5.74, 6) is -0.444. The summed E-state index contributed by atoms with van der Waals surface area (Å²) in [6, 6.07) is 2.91. The van der Waals surface area contributed by atoms with Gasteiger partial charge in [0.05, 0.1) is 17.8 Å². The molecule has 0 spiro atoms. The van der Waals surface area contributed by atoms with Gasteiger partial charge < -0.3 is 9.84 Å². The topological polar surface area (TPSA) is 99.6 Å². The maximum atomic E-state index is 11.9. The number of hydrogen-bond acceptors (Lipinski definition) is 6. The summed E-state index contributed by atoms with van der Waals surface area (Å²) in [7, 11) is 0. The third-order valence-corrected chi connectivity index (χ3v) is 3.36. The second-order valence-electron chi connectivity index (χ2n) is 4.49. The fourth-order valence-corrected chi connectivity index (χ4v) is 2.32. The van der Waals surface area contributed by atoms with Crippen LogP contribution in [0, 0.1) is 6.92 Å². The first-order valence-corrected chi connectivity index (χ1v) is 7.38. The van der Waals surface area contributed by atoms with Gasteiger partial charge in [0.1, 0.15) is 11.3 Å². The zero-order chi connectivity index (χ0) is 17.0. The zero-order valence-electron chi connectivity index (χ0n) is 12.4. The van der Waals surface area contributed by atoms with E-state index in [1.807, 2.05) is 0 Å². The van der Waals surface area contributed by atoms with Gasteiger partial charge in [-0.25, -0.2) is 4.79 Å². The number of benzene rings is 1. The van der Waals surface area contributed by atoms with E-state index in [0.717, 1.165) is 0 Å². The van der Waals surface area contributed by atoms with Crippen molar-refractivity contribution in [3.63, 3.8) is 0 Å². The molecule has 122 valence electrons. The number of aromatic amines is 1. The van der Waals surface area contributed by atoms with Crippen LogP contribution < -0.4 is 5.43 Å². The molecule has 3 N–H and O–H groups in total. The number of phenols is 1. The van der Waals surface area contributed by atoms with E-state index in [2.05, 4.69) is 20.7 Å². The van der Waals surface area contributed by atoms with Crippen molar-refractivity contribution >= 4 is 41.2 Å². The van der Waals surface area contributed by atoms with Crippen molar-refractivity contribution in [3.05, 3.63) is 39.0 Å². The lowest BCUT2D eigenvalue weighted by atomic mass is 10.2. The first kappa shape index (κ1) is 17.1. The normalized spacial score (nSPS) is 11.0. The second kappa shape index (κ2) is 7.34. The molecule has 2 aromatic rings. The van der Waals surface area contributed by atoms with Gasteiger partial charge in [0, 0.05) is 16.3 Å². The van der Waals surface area contributed by atoms with Crippen LogP contribution in [-0.4, -0.2) is 34.1 Å². The van der Waals surface area contributed by atoms with E-state index < -0.39 is 5.97 Å². The molecule has 0 aliphatic heterocycles. The molecule has 1 aromatic carbocycles. The van der Waals surface area contributed by atoms with Crippen molar-refractivity contribution in [1.29, 1.82) is 0 Å². The summed E-state index contributed by atoms with van der Waals surface area (Å²) < 4.78 is 4.96. The zero-order valence-corrected chi connectivity index (χ0v) is 13.9. The first-order chi connectivity index (χ1) is 10.9. The van der Waals surface area contributed by atoms with E-state index in [0.29, 0.717) is 16.3 Å². The van der Waals surface area contributed by atoms with Gasteiger partial charge in [-0.3, -0.25) is 10.5 Å². The summed E-state index contributed by atoms with van der Waals surface area (Å²) >= 11 is 11.7. The molecule has 0 saturated heterocycles. The molecule has 0 aliphatic carbocycles. The Hall–Kier alpha value is -2.25. The maximum absolute atomic E-state index is 11.9. The van der Waals surface area contributed by atoms with Crippen LogP contribution in [0.25, 0.3) is 0 Å². The molecule has 0 aliphatic rings. The summed E-state index contributed by atoms with van der Waals surface area (Å²) in [4.78, 5) is 11.9. The van der Waals surface area contributed by atoms with Crippen LogP contribution in [0.4, 0.5) is 5.82 Å². The standard InChI is InChI=1S/C14H14Cl2N4O3/c1-3-23-14(22)11-7(2)18-20-13(11)19-17-6-8-4-9(15)5-10(16)12(8)21/h4-6,21H,3H2,1-2H3,(H2,18,19,20)/b17-6+. The number of anilines is 1. The number of halogens is 2. The number of aryl methyl sites for hydroxylation is 1. The van der Waals surface area contributed by atoms with Crippen molar-refractivity contribution < 1.29 is 14.6 Å². The molecular weight excluding hydrogens is 343 g/mol. The smallest absolute Gasteiger partial charge is 0.343 e. The highest BCUT2D eigenvalue weighted by Crippen LogP contribution is 2.30. The predicted octanol–water partition coefficient (Wildman–Crippen LogP) is 3.35. The van der Waals surface area contributed by atoms with Gasteiger partial charge in [0.15, 0.2) is 5.82 Å². The van der Waals surface area contributed by atoms with Crippen LogP contribution in [0.15, 0.2) is 17.2 Å².